The SMILES string of the molecule is CNC(c1cncs1)c1cc(C)ccc1OC. The fraction of sp³-hybridized carbons (Fsp3) is 0.308. The van der Waals surface area contributed by atoms with Gasteiger partial charge in [0.2, 0.25) is 0 Å². The van der Waals surface area contributed by atoms with Gasteiger partial charge in [-0.2, -0.15) is 0 Å². The van der Waals surface area contributed by atoms with Crippen LogP contribution in [0.4, 0.5) is 0 Å². The van der Waals surface area contributed by atoms with Crippen LogP contribution in [-0.2, 0) is 0 Å². The molecule has 90 valence electrons. The minimum absolute atomic E-state index is 0.136. The topological polar surface area (TPSA) is 34.2 Å². The zero-order valence-corrected chi connectivity index (χ0v) is 11.0. The Morgan fingerprint density at radius 2 is 2.24 bits per heavy atom. The van der Waals surface area contributed by atoms with Crippen LogP contribution < -0.4 is 10.1 Å². The van der Waals surface area contributed by atoms with E-state index in [0.717, 1.165) is 11.3 Å². The maximum atomic E-state index is 5.43. The third-order valence-electron chi connectivity index (χ3n) is 2.72. The Hall–Kier alpha value is -1.39. The molecule has 0 aliphatic heterocycles. The van der Waals surface area contributed by atoms with Gasteiger partial charge in [-0.25, -0.2) is 0 Å². The Balaban J connectivity index is 2.46. The van der Waals surface area contributed by atoms with E-state index >= 15 is 0 Å². The van der Waals surface area contributed by atoms with Crippen molar-refractivity contribution in [1.29, 1.82) is 0 Å². The first-order chi connectivity index (χ1) is 8.26. The van der Waals surface area contributed by atoms with Gasteiger partial charge in [-0.15, -0.1) is 11.3 Å². The Bertz CT molecular complexity index is 482. The number of aromatic nitrogens is 1. The number of nitrogens with one attached hydrogen (secondary N) is 1. The summed E-state index contributed by atoms with van der Waals surface area (Å²) in [5.41, 5.74) is 4.23. The van der Waals surface area contributed by atoms with E-state index in [0.29, 0.717) is 0 Å². The minimum Gasteiger partial charge on any atom is -0.496 e. The highest BCUT2D eigenvalue weighted by atomic mass is 32.1. The highest BCUT2D eigenvalue weighted by Gasteiger charge is 2.17. The van der Waals surface area contributed by atoms with Gasteiger partial charge in [0.05, 0.1) is 18.7 Å². The van der Waals surface area contributed by atoms with Crippen LogP contribution in [0.1, 0.15) is 22.0 Å². The van der Waals surface area contributed by atoms with Crippen molar-refractivity contribution in [2.45, 2.75) is 13.0 Å². The Morgan fingerprint density at radius 3 is 2.82 bits per heavy atom. The molecule has 0 bridgehead atoms. The number of methoxy groups -OCH3 is 1. The van der Waals surface area contributed by atoms with Crippen LogP contribution in [0.25, 0.3) is 0 Å². The summed E-state index contributed by atoms with van der Waals surface area (Å²) in [6.45, 7) is 2.09. The lowest BCUT2D eigenvalue weighted by molar-refractivity contribution is 0.405. The van der Waals surface area contributed by atoms with E-state index in [1.807, 2.05) is 24.8 Å². The molecule has 1 N–H and O–H groups in total. The molecule has 1 aromatic heterocycles. The molecule has 0 saturated carbocycles. The fourth-order valence-electron chi connectivity index (χ4n) is 1.90. The van der Waals surface area contributed by atoms with Crippen LogP contribution in [0.5, 0.6) is 5.75 Å². The Kier molecular flexibility index (Phi) is 3.76. The van der Waals surface area contributed by atoms with Gasteiger partial charge < -0.3 is 10.1 Å². The number of ether oxygens (including phenoxy) is 1. The molecular formula is C13H16N2OS. The molecule has 17 heavy (non-hydrogen) atoms. The first-order valence-corrected chi connectivity index (χ1v) is 6.34. The molecule has 0 fully saturated rings. The lowest BCUT2D eigenvalue weighted by Crippen LogP contribution is -2.17. The van der Waals surface area contributed by atoms with E-state index in [-0.39, 0.29) is 6.04 Å². The van der Waals surface area contributed by atoms with Crippen molar-refractivity contribution in [2.24, 2.45) is 0 Å². The molecule has 0 aliphatic carbocycles. The van der Waals surface area contributed by atoms with Crippen LogP contribution >= 0.6 is 11.3 Å². The van der Waals surface area contributed by atoms with Crippen molar-refractivity contribution in [3.05, 3.63) is 45.9 Å². The number of thiazole rings is 1. The number of nitrogens with zero attached hydrogens (tertiary/aromatic N) is 1. The van der Waals surface area contributed by atoms with Gasteiger partial charge in [-0.1, -0.05) is 17.7 Å². The Morgan fingerprint density at radius 1 is 1.41 bits per heavy atom. The minimum atomic E-state index is 0.136. The lowest BCUT2D eigenvalue weighted by Gasteiger charge is -2.18. The summed E-state index contributed by atoms with van der Waals surface area (Å²) >= 11 is 1.65. The molecule has 1 unspecified atom stereocenters. The second kappa shape index (κ2) is 5.29. The first-order valence-electron chi connectivity index (χ1n) is 5.46. The van der Waals surface area contributed by atoms with E-state index in [4.69, 9.17) is 4.74 Å². The zero-order valence-electron chi connectivity index (χ0n) is 10.2. The predicted octanol–water partition coefficient (Wildman–Crippen LogP) is 2.77. The number of hydrogen-bond acceptors (Lipinski definition) is 4. The highest BCUT2D eigenvalue weighted by Crippen LogP contribution is 2.32. The van der Waals surface area contributed by atoms with E-state index < -0.39 is 0 Å². The summed E-state index contributed by atoms with van der Waals surface area (Å²) in [7, 11) is 3.65. The van der Waals surface area contributed by atoms with Crippen LogP contribution in [0.2, 0.25) is 0 Å². The largest absolute Gasteiger partial charge is 0.496 e. The average Bonchev–Trinajstić information content (AvgIpc) is 2.84. The van der Waals surface area contributed by atoms with Gasteiger partial charge in [-0.05, 0) is 20.0 Å². The zero-order chi connectivity index (χ0) is 12.3. The van der Waals surface area contributed by atoms with Crippen molar-refractivity contribution in [3.63, 3.8) is 0 Å². The molecule has 2 rings (SSSR count). The summed E-state index contributed by atoms with van der Waals surface area (Å²) < 4.78 is 5.43. The van der Waals surface area contributed by atoms with Gasteiger partial charge in [0, 0.05) is 16.6 Å². The van der Waals surface area contributed by atoms with Gasteiger partial charge in [0.1, 0.15) is 5.75 Å². The quantitative estimate of drug-likeness (QED) is 0.903. The summed E-state index contributed by atoms with van der Waals surface area (Å²) in [6.07, 6.45) is 1.90. The van der Waals surface area contributed by atoms with Gasteiger partial charge in [-0.3, -0.25) is 4.98 Å². The molecule has 1 heterocycles. The molecular weight excluding hydrogens is 232 g/mol. The molecule has 0 saturated heterocycles. The molecule has 2 aromatic rings. The van der Waals surface area contributed by atoms with Crippen molar-refractivity contribution < 1.29 is 4.74 Å². The second-order valence-corrected chi connectivity index (χ2v) is 4.79. The summed E-state index contributed by atoms with van der Waals surface area (Å²) in [6, 6.07) is 6.36. The summed E-state index contributed by atoms with van der Waals surface area (Å²) in [5.74, 6) is 0.906. The Labute approximate surface area is 105 Å². The third kappa shape index (κ3) is 2.48. The summed E-state index contributed by atoms with van der Waals surface area (Å²) in [5, 5.41) is 3.31. The van der Waals surface area contributed by atoms with Crippen molar-refractivity contribution in [3.8, 4) is 5.75 Å². The average molecular weight is 248 g/mol. The maximum Gasteiger partial charge on any atom is 0.124 e. The summed E-state index contributed by atoms with van der Waals surface area (Å²) in [4.78, 5) is 5.32. The second-order valence-electron chi connectivity index (χ2n) is 3.87. The van der Waals surface area contributed by atoms with E-state index in [9.17, 15) is 0 Å². The van der Waals surface area contributed by atoms with Crippen LogP contribution in [-0.4, -0.2) is 19.1 Å². The molecule has 4 heteroatoms. The van der Waals surface area contributed by atoms with Crippen LogP contribution in [0.15, 0.2) is 29.9 Å². The molecule has 0 radical (unpaired) electrons. The van der Waals surface area contributed by atoms with Crippen molar-refractivity contribution in [1.82, 2.24) is 10.3 Å². The number of aryl methyl sites for hydroxylation is 1. The van der Waals surface area contributed by atoms with Crippen molar-refractivity contribution in [2.75, 3.05) is 14.2 Å². The van der Waals surface area contributed by atoms with E-state index in [1.165, 1.54) is 10.4 Å². The highest BCUT2D eigenvalue weighted by molar-refractivity contribution is 7.09. The van der Waals surface area contributed by atoms with Crippen LogP contribution in [0, 0.1) is 6.92 Å². The number of hydrogen-bond donors (Lipinski definition) is 1. The molecule has 1 aromatic carbocycles. The van der Waals surface area contributed by atoms with Crippen molar-refractivity contribution >= 4 is 11.3 Å². The van der Waals surface area contributed by atoms with Gasteiger partial charge >= 0.3 is 0 Å². The molecule has 0 spiro atoms. The van der Waals surface area contributed by atoms with Crippen LogP contribution in [0.3, 0.4) is 0 Å². The monoisotopic (exact) mass is 248 g/mol. The fourth-order valence-corrected chi connectivity index (χ4v) is 2.64. The standard InChI is InChI=1S/C13H16N2OS/c1-9-4-5-11(16-3)10(6-9)13(14-2)12-7-15-8-17-12/h4-8,13-14H,1-3H3. The number of rotatable bonds is 4. The van der Waals surface area contributed by atoms with Gasteiger partial charge in [0.15, 0.2) is 0 Å². The smallest absolute Gasteiger partial charge is 0.124 e. The molecule has 0 amide bonds. The van der Waals surface area contributed by atoms with E-state index in [2.05, 4.69) is 29.4 Å². The predicted molar refractivity (Wildman–Crippen MR) is 70.7 cm³/mol. The third-order valence-corrected chi connectivity index (χ3v) is 3.56. The first kappa shape index (κ1) is 12.1. The van der Waals surface area contributed by atoms with E-state index in [1.54, 1.807) is 18.4 Å². The van der Waals surface area contributed by atoms with Gasteiger partial charge in [0.25, 0.3) is 0 Å². The number of benzene rings is 1. The molecule has 3 nitrogen and oxygen atoms in total. The molecule has 0 aliphatic rings. The molecule has 1 atom stereocenters. The maximum absolute atomic E-state index is 5.43. The lowest BCUT2D eigenvalue weighted by atomic mass is 10.0. The normalized spacial score (nSPS) is 12.4.